The molecule has 0 spiro atoms. The molecule has 1 N–H and O–H groups in total. The second-order valence-corrected chi connectivity index (χ2v) is 6.05. The fourth-order valence-corrected chi connectivity index (χ4v) is 2.68. The quantitative estimate of drug-likeness (QED) is 0.812. The number of nitrogens with one attached hydrogen (secondary N) is 1. The molecule has 0 radical (unpaired) electrons. The number of hydrogen-bond acceptors (Lipinski definition) is 2. The molecule has 1 rings (SSSR count). The smallest absolute Gasteiger partial charge is 0.251 e. The van der Waals surface area contributed by atoms with Crippen LogP contribution in [0.5, 0.6) is 0 Å². The highest BCUT2D eigenvalue weighted by Crippen LogP contribution is 2.18. The van der Waals surface area contributed by atoms with Crippen LogP contribution in [0.1, 0.15) is 37.0 Å². The van der Waals surface area contributed by atoms with E-state index < -0.39 is 0 Å². The number of benzene rings is 1. The molecule has 1 aromatic carbocycles. The largest absolute Gasteiger partial charge is 0.378 e. The molecular formula is C15H23BrN2O. The van der Waals surface area contributed by atoms with Gasteiger partial charge in [-0.2, -0.15) is 0 Å². The molecule has 19 heavy (non-hydrogen) atoms. The Balaban J connectivity index is 2.85. The van der Waals surface area contributed by atoms with Crippen molar-refractivity contribution >= 4 is 27.5 Å². The van der Waals surface area contributed by atoms with Gasteiger partial charge in [-0.1, -0.05) is 28.9 Å². The standard InChI is InChI=1S/C15H23BrN2O/c1-5-15(2,9-10-16)17-14(19)12-7-6-8-13(11-12)18(3)4/h6-8,11H,5,9-10H2,1-4H3,(H,17,19). The Labute approximate surface area is 124 Å². The number of amides is 1. The Morgan fingerprint density at radius 2 is 2.11 bits per heavy atom. The fraction of sp³-hybridized carbons (Fsp3) is 0.533. The van der Waals surface area contributed by atoms with Crippen molar-refractivity contribution in [3.63, 3.8) is 0 Å². The highest BCUT2D eigenvalue weighted by Gasteiger charge is 2.24. The average molecular weight is 327 g/mol. The number of halogens is 1. The molecule has 0 bridgehead atoms. The molecule has 106 valence electrons. The first-order valence-electron chi connectivity index (χ1n) is 6.58. The molecule has 0 aromatic heterocycles. The number of carbonyl (C=O) groups excluding carboxylic acids is 1. The topological polar surface area (TPSA) is 32.3 Å². The summed E-state index contributed by atoms with van der Waals surface area (Å²) in [6.45, 7) is 4.18. The van der Waals surface area contributed by atoms with Gasteiger partial charge in [0.1, 0.15) is 0 Å². The van der Waals surface area contributed by atoms with Gasteiger partial charge in [0, 0.05) is 36.2 Å². The molecular weight excluding hydrogens is 304 g/mol. The predicted molar refractivity (Wildman–Crippen MR) is 85.3 cm³/mol. The first-order chi connectivity index (χ1) is 8.91. The lowest BCUT2D eigenvalue weighted by Crippen LogP contribution is -2.45. The lowest BCUT2D eigenvalue weighted by Gasteiger charge is -2.29. The van der Waals surface area contributed by atoms with Crippen molar-refractivity contribution in [1.82, 2.24) is 5.32 Å². The van der Waals surface area contributed by atoms with Crippen LogP contribution in [0.25, 0.3) is 0 Å². The Hall–Kier alpha value is -1.03. The minimum absolute atomic E-state index is 0.00556. The maximum Gasteiger partial charge on any atom is 0.251 e. The van der Waals surface area contributed by atoms with Crippen molar-refractivity contribution < 1.29 is 4.79 Å². The third-order valence-corrected chi connectivity index (χ3v) is 3.86. The maximum atomic E-state index is 12.3. The molecule has 1 unspecified atom stereocenters. The summed E-state index contributed by atoms with van der Waals surface area (Å²) in [5.74, 6) is -0.00556. The van der Waals surface area contributed by atoms with E-state index in [1.807, 2.05) is 43.3 Å². The molecule has 3 nitrogen and oxygen atoms in total. The number of rotatable bonds is 6. The zero-order valence-electron chi connectivity index (χ0n) is 12.2. The summed E-state index contributed by atoms with van der Waals surface area (Å²) in [7, 11) is 3.94. The molecule has 0 aliphatic heterocycles. The molecule has 1 amide bonds. The van der Waals surface area contributed by atoms with E-state index in [2.05, 4.69) is 35.1 Å². The number of carbonyl (C=O) groups is 1. The molecule has 0 aliphatic rings. The zero-order chi connectivity index (χ0) is 14.5. The summed E-state index contributed by atoms with van der Waals surface area (Å²) in [6.07, 6.45) is 1.83. The highest BCUT2D eigenvalue weighted by atomic mass is 79.9. The first kappa shape index (κ1) is 16.0. The van der Waals surface area contributed by atoms with Crippen molar-refractivity contribution in [1.29, 1.82) is 0 Å². The SMILES string of the molecule is CCC(C)(CCBr)NC(=O)c1cccc(N(C)C)c1. The van der Waals surface area contributed by atoms with Gasteiger partial charge in [-0.05, 0) is 38.0 Å². The van der Waals surface area contributed by atoms with Crippen LogP contribution in [0.2, 0.25) is 0 Å². The number of anilines is 1. The van der Waals surface area contributed by atoms with Crippen LogP contribution in [0, 0.1) is 0 Å². The Kier molecular flexibility index (Phi) is 5.85. The van der Waals surface area contributed by atoms with Gasteiger partial charge < -0.3 is 10.2 Å². The highest BCUT2D eigenvalue weighted by molar-refractivity contribution is 9.09. The first-order valence-corrected chi connectivity index (χ1v) is 7.70. The number of alkyl halides is 1. The zero-order valence-corrected chi connectivity index (χ0v) is 13.8. The second kappa shape index (κ2) is 6.94. The summed E-state index contributed by atoms with van der Waals surface area (Å²) in [5.41, 5.74) is 1.58. The van der Waals surface area contributed by atoms with E-state index in [4.69, 9.17) is 0 Å². The molecule has 0 saturated heterocycles. The van der Waals surface area contributed by atoms with Gasteiger partial charge in [0.15, 0.2) is 0 Å². The molecule has 0 aliphatic carbocycles. The van der Waals surface area contributed by atoms with Crippen molar-refractivity contribution in [2.75, 3.05) is 24.3 Å². The van der Waals surface area contributed by atoms with Gasteiger partial charge in [-0.3, -0.25) is 4.79 Å². The van der Waals surface area contributed by atoms with Crippen LogP contribution in [0.15, 0.2) is 24.3 Å². The summed E-state index contributed by atoms with van der Waals surface area (Å²) >= 11 is 3.44. The van der Waals surface area contributed by atoms with Crippen LogP contribution >= 0.6 is 15.9 Å². The van der Waals surface area contributed by atoms with E-state index in [1.54, 1.807) is 0 Å². The van der Waals surface area contributed by atoms with E-state index in [1.165, 1.54) is 0 Å². The maximum absolute atomic E-state index is 12.3. The fourth-order valence-electron chi connectivity index (χ4n) is 1.81. The van der Waals surface area contributed by atoms with Crippen molar-refractivity contribution in [3.8, 4) is 0 Å². The van der Waals surface area contributed by atoms with E-state index in [-0.39, 0.29) is 11.4 Å². The lowest BCUT2D eigenvalue weighted by molar-refractivity contribution is 0.0902. The summed E-state index contributed by atoms with van der Waals surface area (Å²) in [6, 6.07) is 7.68. The number of hydrogen-bond donors (Lipinski definition) is 1. The van der Waals surface area contributed by atoms with Gasteiger partial charge in [0.05, 0.1) is 0 Å². The third-order valence-electron chi connectivity index (χ3n) is 3.47. The second-order valence-electron chi connectivity index (χ2n) is 5.25. The summed E-state index contributed by atoms with van der Waals surface area (Å²) in [4.78, 5) is 14.3. The molecule has 0 saturated carbocycles. The molecule has 1 aromatic rings. The van der Waals surface area contributed by atoms with Crippen LogP contribution < -0.4 is 10.2 Å². The lowest BCUT2D eigenvalue weighted by atomic mass is 9.95. The van der Waals surface area contributed by atoms with Crippen LogP contribution in [0.3, 0.4) is 0 Å². The summed E-state index contributed by atoms with van der Waals surface area (Å²) in [5, 5.41) is 4.02. The monoisotopic (exact) mass is 326 g/mol. The van der Waals surface area contributed by atoms with Gasteiger partial charge in [0.25, 0.3) is 5.91 Å². The van der Waals surface area contributed by atoms with Gasteiger partial charge in [-0.25, -0.2) is 0 Å². The van der Waals surface area contributed by atoms with Crippen LogP contribution in [0.4, 0.5) is 5.69 Å². The Morgan fingerprint density at radius 3 is 2.63 bits per heavy atom. The van der Waals surface area contributed by atoms with Gasteiger partial charge in [0.2, 0.25) is 0 Å². The minimum atomic E-state index is -0.158. The van der Waals surface area contributed by atoms with Crippen LogP contribution in [-0.4, -0.2) is 30.9 Å². The van der Waals surface area contributed by atoms with Gasteiger partial charge >= 0.3 is 0 Å². The van der Waals surface area contributed by atoms with E-state index in [9.17, 15) is 4.79 Å². The van der Waals surface area contributed by atoms with E-state index in [0.717, 1.165) is 23.9 Å². The Bertz CT molecular complexity index is 434. The molecule has 0 heterocycles. The van der Waals surface area contributed by atoms with Crippen molar-refractivity contribution in [2.45, 2.75) is 32.2 Å². The minimum Gasteiger partial charge on any atom is -0.378 e. The van der Waals surface area contributed by atoms with Crippen LogP contribution in [-0.2, 0) is 0 Å². The van der Waals surface area contributed by atoms with Gasteiger partial charge in [-0.15, -0.1) is 0 Å². The Morgan fingerprint density at radius 1 is 1.42 bits per heavy atom. The third kappa shape index (κ3) is 4.53. The van der Waals surface area contributed by atoms with Crippen molar-refractivity contribution in [3.05, 3.63) is 29.8 Å². The molecule has 4 heteroatoms. The van der Waals surface area contributed by atoms with Crippen molar-refractivity contribution in [2.24, 2.45) is 0 Å². The predicted octanol–water partition coefficient (Wildman–Crippen LogP) is 3.44. The van der Waals surface area contributed by atoms with E-state index in [0.29, 0.717) is 5.56 Å². The average Bonchev–Trinajstić information content (AvgIpc) is 2.39. The molecule has 1 atom stereocenters. The number of nitrogens with zero attached hydrogens (tertiary/aromatic N) is 1. The summed E-state index contributed by atoms with van der Waals surface area (Å²) < 4.78 is 0. The normalized spacial score (nSPS) is 13.7. The molecule has 0 fully saturated rings. The van der Waals surface area contributed by atoms with E-state index >= 15 is 0 Å².